The first-order chi connectivity index (χ1) is 15.4. The SMILES string of the molecule is CCCCC(=O)Nc1cc(Oc2ccccc2)ccc1NC(=NC(=O)OC)NC(=O)OC. The number of ether oxygens (including phenoxy) is 3. The van der Waals surface area contributed by atoms with Crippen molar-refractivity contribution in [3.63, 3.8) is 0 Å². The summed E-state index contributed by atoms with van der Waals surface area (Å²) in [6.45, 7) is 1.99. The smallest absolute Gasteiger partial charge is 0.436 e. The first-order valence-corrected chi connectivity index (χ1v) is 9.90. The summed E-state index contributed by atoms with van der Waals surface area (Å²) in [6.07, 6.45) is 0.144. The molecule has 0 atom stereocenters. The summed E-state index contributed by atoms with van der Waals surface area (Å²) in [4.78, 5) is 39.2. The maximum Gasteiger partial charge on any atom is 0.436 e. The minimum Gasteiger partial charge on any atom is -0.457 e. The van der Waals surface area contributed by atoms with Gasteiger partial charge < -0.3 is 24.8 Å². The van der Waals surface area contributed by atoms with Gasteiger partial charge in [0.2, 0.25) is 11.9 Å². The molecule has 0 aliphatic heterocycles. The number of para-hydroxylation sites is 1. The second kappa shape index (κ2) is 12.6. The Morgan fingerprint density at radius 2 is 1.66 bits per heavy atom. The Labute approximate surface area is 186 Å². The van der Waals surface area contributed by atoms with Crippen LogP contribution in [0, 0.1) is 0 Å². The molecule has 170 valence electrons. The highest BCUT2D eigenvalue weighted by Gasteiger charge is 2.14. The second-order valence-electron chi connectivity index (χ2n) is 6.45. The lowest BCUT2D eigenvalue weighted by Gasteiger charge is -2.16. The van der Waals surface area contributed by atoms with Crippen molar-refractivity contribution in [1.82, 2.24) is 5.32 Å². The van der Waals surface area contributed by atoms with Gasteiger partial charge in [-0.25, -0.2) is 9.59 Å². The van der Waals surface area contributed by atoms with E-state index < -0.39 is 12.2 Å². The number of methoxy groups -OCH3 is 2. The number of rotatable bonds is 7. The average molecular weight is 442 g/mol. The van der Waals surface area contributed by atoms with Gasteiger partial charge in [-0.05, 0) is 30.7 Å². The lowest BCUT2D eigenvalue weighted by atomic mass is 10.2. The van der Waals surface area contributed by atoms with Crippen molar-refractivity contribution in [2.45, 2.75) is 26.2 Å². The summed E-state index contributed by atoms with van der Waals surface area (Å²) in [5.41, 5.74) is 0.720. The summed E-state index contributed by atoms with van der Waals surface area (Å²) in [7, 11) is 2.32. The number of carbonyl (C=O) groups is 3. The molecule has 2 rings (SSSR count). The van der Waals surface area contributed by atoms with Crippen molar-refractivity contribution in [3.8, 4) is 11.5 Å². The second-order valence-corrected chi connectivity index (χ2v) is 6.45. The van der Waals surface area contributed by atoms with E-state index in [1.807, 2.05) is 25.1 Å². The van der Waals surface area contributed by atoms with Gasteiger partial charge in [0.1, 0.15) is 11.5 Å². The van der Waals surface area contributed by atoms with Gasteiger partial charge in [-0.15, -0.1) is 4.99 Å². The molecule has 0 radical (unpaired) electrons. The van der Waals surface area contributed by atoms with Gasteiger partial charge in [0.05, 0.1) is 25.6 Å². The maximum atomic E-state index is 12.4. The minimum atomic E-state index is -0.943. The molecule has 0 spiro atoms. The highest BCUT2D eigenvalue weighted by atomic mass is 16.5. The van der Waals surface area contributed by atoms with Gasteiger partial charge in [0, 0.05) is 12.5 Å². The fourth-order valence-electron chi connectivity index (χ4n) is 2.47. The Morgan fingerprint density at radius 3 is 2.31 bits per heavy atom. The van der Waals surface area contributed by atoms with Gasteiger partial charge >= 0.3 is 12.2 Å². The van der Waals surface area contributed by atoms with E-state index in [4.69, 9.17) is 4.74 Å². The van der Waals surface area contributed by atoms with Crippen LogP contribution in [0.3, 0.4) is 0 Å². The van der Waals surface area contributed by atoms with E-state index in [0.717, 1.165) is 20.0 Å². The van der Waals surface area contributed by atoms with E-state index in [9.17, 15) is 14.4 Å². The monoisotopic (exact) mass is 442 g/mol. The molecule has 0 saturated carbocycles. The molecule has 0 aliphatic carbocycles. The third-order valence-corrected chi connectivity index (χ3v) is 4.04. The fourth-order valence-corrected chi connectivity index (χ4v) is 2.47. The highest BCUT2D eigenvalue weighted by Crippen LogP contribution is 2.30. The molecule has 32 heavy (non-hydrogen) atoms. The molecule has 3 amide bonds. The number of nitrogens with one attached hydrogen (secondary N) is 3. The molecule has 0 fully saturated rings. The van der Waals surface area contributed by atoms with Crippen LogP contribution in [-0.4, -0.2) is 38.3 Å². The summed E-state index contributed by atoms with van der Waals surface area (Å²) in [6, 6.07) is 14.0. The number of nitrogens with zero attached hydrogens (tertiary/aromatic N) is 1. The van der Waals surface area contributed by atoms with Crippen LogP contribution in [0.2, 0.25) is 0 Å². The number of amides is 3. The topological polar surface area (TPSA) is 127 Å². The standard InChI is InChI=1S/C22H26N4O6/c1-4-5-11-19(27)23-18-14-16(32-15-9-7-6-8-10-15)12-13-17(18)24-20(25-21(28)30-2)26-22(29)31-3/h6-10,12-14H,4-5,11H2,1-3H3,(H,23,27)(H2,24,25,26,28,29). The van der Waals surface area contributed by atoms with Crippen LogP contribution in [0.5, 0.6) is 11.5 Å². The molecular weight excluding hydrogens is 416 g/mol. The first kappa shape index (κ1) is 24.2. The zero-order valence-corrected chi connectivity index (χ0v) is 18.1. The Bertz CT molecular complexity index is 962. The zero-order chi connectivity index (χ0) is 23.3. The molecule has 10 heteroatoms. The number of anilines is 2. The third kappa shape index (κ3) is 7.98. The molecule has 2 aromatic rings. The molecule has 3 N–H and O–H groups in total. The van der Waals surface area contributed by atoms with Crippen LogP contribution in [0.25, 0.3) is 0 Å². The van der Waals surface area contributed by atoms with Crippen LogP contribution in [0.4, 0.5) is 21.0 Å². The summed E-state index contributed by atoms with van der Waals surface area (Å²) in [5, 5.41) is 7.90. The molecule has 0 bridgehead atoms. The number of guanidine groups is 1. The van der Waals surface area contributed by atoms with Crippen molar-refractivity contribution in [2.24, 2.45) is 4.99 Å². The Morgan fingerprint density at radius 1 is 0.906 bits per heavy atom. The lowest BCUT2D eigenvalue weighted by molar-refractivity contribution is -0.116. The average Bonchev–Trinajstić information content (AvgIpc) is 2.79. The van der Waals surface area contributed by atoms with Crippen LogP contribution < -0.4 is 20.7 Å². The quantitative estimate of drug-likeness (QED) is 0.425. The van der Waals surface area contributed by atoms with E-state index in [0.29, 0.717) is 29.3 Å². The summed E-state index contributed by atoms with van der Waals surface area (Å²) < 4.78 is 14.9. The van der Waals surface area contributed by atoms with Gasteiger partial charge in [-0.1, -0.05) is 31.5 Å². The van der Waals surface area contributed by atoms with Crippen LogP contribution in [0.15, 0.2) is 53.5 Å². The first-order valence-electron chi connectivity index (χ1n) is 9.90. The fraction of sp³-hybridized carbons (Fsp3) is 0.273. The predicted molar refractivity (Wildman–Crippen MR) is 120 cm³/mol. The number of benzene rings is 2. The minimum absolute atomic E-state index is 0.195. The van der Waals surface area contributed by atoms with Crippen molar-refractivity contribution in [1.29, 1.82) is 0 Å². The predicted octanol–water partition coefficient (Wildman–Crippen LogP) is 4.50. The zero-order valence-electron chi connectivity index (χ0n) is 18.1. The van der Waals surface area contributed by atoms with Gasteiger partial charge in [0.15, 0.2) is 0 Å². The van der Waals surface area contributed by atoms with E-state index in [1.54, 1.807) is 30.3 Å². The van der Waals surface area contributed by atoms with E-state index in [-0.39, 0.29) is 11.9 Å². The largest absolute Gasteiger partial charge is 0.457 e. The summed E-state index contributed by atoms with van der Waals surface area (Å²) >= 11 is 0. The molecule has 0 aromatic heterocycles. The molecule has 0 heterocycles. The number of alkyl carbamates (subject to hydrolysis) is 1. The van der Waals surface area contributed by atoms with E-state index in [1.165, 1.54) is 7.11 Å². The number of unbranched alkanes of at least 4 members (excludes halogenated alkanes) is 1. The van der Waals surface area contributed by atoms with Gasteiger partial charge in [0.25, 0.3) is 0 Å². The normalized spacial score (nSPS) is 10.7. The maximum absolute atomic E-state index is 12.4. The third-order valence-electron chi connectivity index (χ3n) is 4.04. The molecule has 0 saturated heterocycles. The van der Waals surface area contributed by atoms with Crippen molar-refractivity contribution >= 4 is 35.4 Å². The van der Waals surface area contributed by atoms with Crippen LogP contribution in [0.1, 0.15) is 26.2 Å². The van der Waals surface area contributed by atoms with Crippen molar-refractivity contribution < 1.29 is 28.6 Å². The number of carbonyl (C=O) groups excluding carboxylic acids is 3. The van der Waals surface area contributed by atoms with Gasteiger partial charge in [-0.2, -0.15) is 0 Å². The van der Waals surface area contributed by atoms with Gasteiger partial charge in [-0.3, -0.25) is 10.1 Å². The molecular formula is C22H26N4O6. The van der Waals surface area contributed by atoms with Crippen molar-refractivity contribution in [3.05, 3.63) is 48.5 Å². The lowest BCUT2D eigenvalue weighted by Crippen LogP contribution is -2.36. The Hall–Kier alpha value is -4.08. The molecule has 2 aromatic carbocycles. The number of hydrogen-bond acceptors (Lipinski definition) is 6. The van der Waals surface area contributed by atoms with E-state index >= 15 is 0 Å². The molecule has 0 aliphatic rings. The Balaban J connectivity index is 2.34. The number of hydrogen-bond donors (Lipinski definition) is 3. The molecule has 10 nitrogen and oxygen atoms in total. The molecule has 0 unspecified atom stereocenters. The van der Waals surface area contributed by atoms with E-state index in [2.05, 4.69) is 30.4 Å². The summed E-state index contributed by atoms with van der Waals surface area (Å²) in [5.74, 6) is 0.653. The number of aliphatic imine (C=N–C) groups is 1. The Kier molecular flexibility index (Phi) is 9.51. The van der Waals surface area contributed by atoms with Crippen LogP contribution in [-0.2, 0) is 14.3 Å². The van der Waals surface area contributed by atoms with Crippen LogP contribution >= 0.6 is 0 Å². The van der Waals surface area contributed by atoms with Crippen molar-refractivity contribution in [2.75, 3.05) is 24.9 Å². The highest BCUT2D eigenvalue weighted by molar-refractivity contribution is 6.08.